The second kappa shape index (κ2) is 5.80. The van der Waals surface area contributed by atoms with E-state index in [1.807, 2.05) is 11.3 Å². The summed E-state index contributed by atoms with van der Waals surface area (Å²) in [4.78, 5) is 2.70. The SMILES string of the molecule is CCc1ccc(C(C)(CCO)C(N)CC)s1. The van der Waals surface area contributed by atoms with Crippen molar-refractivity contribution in [3.05, 3.63) is 21.9 Å². The van der Waals surface area contributed by atoms with Gasteiger partial charge in [-0.3, -0.25) is 0 Å². The van der Waals surface area contributed by atoms with Crippen LogP contribution in [-0.4, -0.2) is 17.8 Å². The molecular formula is C13H23NOS. The maximum Gasteiger partial charge on any atom is 0.0440 e. The van der Waals surface area contributed by atoms with Crippen LogP contribution in [0.1, 0.15) is 43.4 Å². The number of hydrogen-bond acceptors (Lipinski definition) is 3. The minimum absolute atomic E-state index is 0.0818. The summed E-state index contributed by atoms with van der Waals surface area (Å²) in [5.74, 6) is 0. The molecule has 0 aliphatic rings. The predicted octanol–water partition coefficient (Wildman–Crippen LogP) is 2.69. The predicted molar refractivity (Wildman–Crippen MR) is 71.0 cm³/mol. The Bertz CT molecular complexity index is 323. The fourth-order valence-electron chi connectivity index (χ4n) is 2.05. The monoisotopic (exact) mass is 241 g/mol. The molecule has 0 saturated heterocycles. The smallest absolute Gasteiger partial charge is 0.0440 e. The molecule has 2 atom stereocenters. The van der Waals surface area contributed by atoms with E-state index >= 15 is 0 Å². The first kappa shape index (κ1) is 13.7. The summed E-state index contributed by atoms with van der Waals surface area (Å²) < 4.78 is 0. The lowest BCUT2D eigenvalue weighted by Gasteiger charge is -2.33. The number of rotatable bonds is 6. The maximum absolute atomic E-state index is 9.22. The number of thiophene rings is 1. The Labute approximate surface area is 102 Å². The Hall–Kier alpha value is -0.380. The first-order valence-electron chi connectivity index (χ1n) is 6.04. The molecule has 0 bridgehead atoms. The first-order chi connectivity index (χ1) is 7.58. The van der Waals surface area contributed by atoms with Gasteiger partial charge >= 0.3 is 0 Å². The topological polar surface area (TPSA) is 46.2 Å². The number of aryl methyl sites for hydroxylation is 1. The van der Waals surface area contributed by atoms with Crippen LogP contribution in [0, 0.1) is 0 Å². The second-order valence-corrected chi connectivity index (χ2v) is 5.69. The van der Waals surface area contributed by atoms with E-state index in [0.717, 1.165) is 19.3 Å². The van der Waals surface area contributed by atoms with Crippen molar-refractivity contribution in [2.75, 3.05) is 6.61 Å². The van der Waals surface area contributed by atoms with Crippen LogP contribution in [-0.2, 0) is 11.8 Å². The first-order valence-corrected chi connectivity index (χ1v) is 6.85. The van der Waals surface area contributed by atoms with Gasteiger partial charge in [-0.25, -0.2) is 0 Å². The van der Waals surface area contributed by atoms with Crippen LogP contribution in [0.4, 0.5) is 0 Å². The Morgan fingerprint density at radius 3 is 2.56 bits per heavy atom. The Kier molecular flexibility index (Phi) is 4.96. The fraction of sp³-hybridized carbons (Fsp3) is 0.692. The molecule has 2 nitrogen and oxygen atoms in total. The van der Waals surface area contributed by atoms with Gasteiger partial charge in [0.2, 0.25) is 0 Å². The molecule has 1 rings (SSSR count). The molecule has 0 saturated carbocycles. The van der Waals surface area contributed by atoms with Crippen LogP contribution in [0.3, 0.4) is 0 Å². The van der Waals surface area contributed by atoms with Crippen LogP contribution >= 0.6 is 11.3 Å². The lowest BCUT2D eigenvalue weighted by Crippen LogP contribution is -2.42. The van der Waals surface area contributed by atoms with E-state index in [2.05, 4.69) is 32.9 Å². The van der Waals surface area contributed by atoms with Gasteiger partial charge in [0.1, 0.15) is 0 Å². The van der Waals surface area contributed by atoms with Crippen LogP contribution < -0.4 is 5.73 Å². The van der Waals surface area contributed by atoms with E-state index in [1.165, 1.54) is 9.75 Å². The summed E-state index contributed by atoms with van der Waals surface area (Å²) in [6.45, 7) is 6.64. The van der Waals surface area contributed by atoms with E-state index in [9.17, 15) is 5.11 Å². The highest BCUT2D eigenvalue weighted by molar-refractivity contribution is 7.12. The molecule has 92 valence electrons. The summed E-state index contributed by atoms with van der Waals surface area (Å²) >= 11 is 1.83. The average Bonchev–Trinajstić information content (AvgIpc) is 2.77. The Morgan fingerprint density at radius 1 is 1.44 bits per heavy atom. The van der Waals surface area contributed by atoms with Gasteiger partial charge in [0.15, 0.2) is 0 Å². The number of aliphatic hydroxyl groups excluding tert-OH is 1. The van der Waals surface area contributed by atoms with Crippen molar-refractivity contribution in [3.63, 3.8) is 0 Å². The summed E-state index contributed by atoms with van der Waals surface area (Å²) in [6.07, 6.45) is 2.75. The molecule has 16 heavy (non-hydrogen) atoms. The van der Waals surface area contributed by atoms with Crippen molar-refractivity contribution in [2.45, 2.75) is 51.5 Å². The van der Waals surface area contributed by atoms with Gasteiger partial charge < -0.3 is 10.8 Å². The van der Waals surface area contributed by atoms with E-state index in [-0.39, 0.29) is 18.1 Å². The van der Waals surface area contributed by atoms with E-state index in [4.69, 9.17) is 5.73 Å². The van der Waals surface area contributed by atoms with Crippen molar-refractivity contribution in [2.24, 2.45) is 5.73 Å². The molecule has 2 unspecified atom stereocenters. The molecule has 3 N–H and O–H groups in total. The van der Waals surface area contributed by atoms with Gasteiger partial charge in [0, 0.05) is 27.8 Å². The number of hydrogen-bond donors (Lipinski definition) is 2. The zero-order valence-electron chi connectivity index (χ0n) is 10.5. The van der Waals surface area contributed by atoms with Crippen molar-refractivity contribution < 1.29 is 5.11 Å². The van der Waals surface area contributed by atoms with E-state index in [0.29, 0.717) is 0 Å². The molecule has 3 heteroatoms. The summed E-state index contributed by atoms with van der Waals surface area (Å²) in [5.41, 5.74) is 6.13. The molecular weight excluding hydrogens is 218 g/mol. The molecule has 0 fully saturated rings. The van der Waals surface area contributed by atoms with Gasteiger partial charge in [-0.2, -0.15) is 0 Å². The van der Waals surface area contributed by atoms with E-state index < -0.39 is 0 Å². The van der Waals surface area contributed by atoms with Crippen molar-refractivity contribution in [3.8, 4) is 0 Å². The zero-order chi connectivity index (χ0) is 12.2. The largest absolute Gasteiger partial charge is 0.396 e. The van der Waals surface area contributed by atoms with Crippen molar-refractivity contribution in [1.29, 1.82) is 0 Å². The molecule has 0 spiro atoms. The van der Waals surface area contributed by atoms with Gasteiger partial charge in [-0.15, -0.1) is 11.3 Å². The van der Waals surface area contributed by atoms with E-state index in [1.54, 1.807) is 0 Å². The second-order valence-electron chi connectivity index (χ2n) is 4.53. The van der Waals surface area contributed by atoms with Crippen molar-refractivity contribution >= 4 is 11.3 Å². The van der Waals surface area contributed by atoms with Gasteiger partial charge in [-0.05, 0) is 31.4 Å². The third-order valence-electron chi connectivity index (χ3n) is 3.46. The lowest BCUT2D eigenvalue weighted by atomic mass is 9.77. The normalized spacial score (nSPS) is 17.1. The molecule has 1 aromatic rings. The molecule has 0 amide bonds. The molecule has 0 radical (unpaired) electrons. The quantitative estimate of drug-likeness (QED) is 0.804. The zero-order valence-corrected chi connectivity index (χ0v) is 11.3. The van der Waals surface area contributed by atoms with Gasteiger partial charge in [0.25, 0.3) is 0 Å². The maximum atomic E-state index is 9.22. The fourth-order valence-corrected chi connectivity index (χ4v) is 3.23. The van der Waals surface area contributed by atoms with Crippen LogP contribution in [0.25, 0.3) is 0 Å². The summed E-state index contributed by atoms with van der Waals surface area (Å²) in [5, 5.41) is 9.22. The summed E-state index contributed by atoms with van der Waals surface area (Å²) in [6, 6.07) is 4.47. The van der Waals surface area contributed by atoms with Crippen LogP contribution in [0.2, 0.25) is 0 Å². The van der Waals surface area contributed by atoms with Crippen molar-refractivity contribution in [1.82, 2.24) is 0 Å². The molecule has 1 heterocycles. The standard InChI is InChI=1S/C13H23NOS/c1-4-10-6-7-12(16-10)13(3,8-9-15)11(14)5-2/h6-7,11,15H,4-5,8-9,14H2,1-3H3. The third-order valence-corrected chi connectivity index (χ3v) is 4.97. The highest BCUT2D eigenvalue weighted by Crippen LogP contribution is 2.36. The lowest BCUT2D eigenvalue weighted by molar-refractivity contribution is 0.225. The third kappa shape index (κ3) is 2.65. The van der Waals surface area contributed by atoms with Gasteiger partial charge in [0.05, 0.1) is 0 Å². The molecule has 1 aromatic heterocycles. The highest BCUT2D eigenvalue weighted by atomic mass is 32.1. The Balaban J connectivity index is 3.00. The number of aliphatic hydroxyl groups is 1. The summed E-state index contributed by atoms with van der Waals surface area (Å²) in [7, 11) is 0. The molecule has 0 aliphatic carbocycles. The molecule has 0 aromatic carbocycles. The minimum atomic E-state index is -0.0818. The average molecular weight is 241 g/mol. The highest BCUT2D eigenvalue weighted by Gasteiger charge is 2.33. The molecule has 0 aliphatic heterocycles. The minimum Gasteiger partial charge on any atom is -0.396 e. The Morgan fingerprint density at radius 2 is 2.12 bits per heavy atom. The number of nitrogens with two attached hydrogens (primary N) is 1. The van der Waals surface area contributed by atoms with Gasteiger partial charge in [-0.1, -0.05) is 20.8 Å². The van der Waals surface area contributed by atoms with Crippen LogP contribution in [0.15, 0.2) is 12.1 Å². The van der Waals surface area contributed by atoms with Crippen LogP contribution in [0.5, 0.6) is 0 Å².